The topological polar surface area (TPSA) is 84.9 Å². The first-order valence-corrected chi connectivity index (χ1v) is 11.4. The predicted octanol–water partition coefficient (Wildman–Crippen LogP) is 3.87. The molecule has 1 fully saturated rings. The number of thioether (sulfide) groups is 1. The minimum absolute atomic E-state index is 0.248. The van der Waals surface area contributed by atoms with E-state index in [1.54, 1.807) is 0 Å². The number of aromatic hydroxyl groups is 1. The highest BCUT2D eigenvalue weighted by Gasteiger charge is 2.43. The molecule has 2 aromatic rings. The fraction of sp³-hybridized carbons (Fsp3) is 0.417. The number of nitrogens with one attached hydrogen (secondary N) is 1. The summed E-state index contributed by atoms with van der Waals surface area (Å²) in [5.74, 6) is 1.41. The molecule has 1 saturated heterocycles. The summed E-state index contributed by atoms with van der Waals surface area (Å²) in [7, 11) is 6.08. The Hall–Kier alpha value is -2.61. The number of amides is 2. The number of phenolic OH excluding ortho intramolecular Hbond substituents is 1. The highest BCUT2D eigenvalue weighted by Crippen LogP contribution is 2.43. The van der Waals surface area contributed by atoms with Gasteiger partial charge in [-0.15, -0.1) is 0 Å². The molecule has 4 rings (SSSR count). The van der Waals surface area contributed by atoms with E-state index in [-0.39, 0.29) is 6.42 Å². The third-order valence-electron chi connectivity index (χ3n) is 6.40. The summed E-state index contributed by atoms with van der Waals surface area (Å²) >= 11 is 0.817. The lowest BCUT2D eigenvalue weighted by molar-refractivity contribution is -0.119. The van der Waals surface area contributed by atoms with Crippen molar-refractivity contribution in [2.75, 3.05) is 6.61 Å². The van der Waals surface area contributed by atoms with Crippen molar-refractivity contribution < 1.29 is 24.2 Å². The first kappa shape index (κ1) is 22.6. The second kappa shape index (κ2) is 8.07. The van der Waals surface area contributed by atoms with Crippen LogP contribution in [0.4, 0.5) is 4.79 Å². The third-order valence-corrected chi connectivity index (χ3v) is 7.38. The Balaban J connectivity index is 1.42. The van der Waals surface area contributed by atoms with E-state index in [0.29, 0.717) is 18.1 Å². The fourth-order valence-electron chi connectivity index (χ4n) is 4.19. The van der Waals surface area contributed by atoms with Crippen LogP contribution in [-0.2, 0) is 17.6 Å². The Morgan fingerprint density at radius 3 is 2.47 bits per heavy atom. The minimum atomic E-state index is -1.28. The van der Waals surface area contributed by atoms with Crippen LogP contribution in [0, 0.1) is 20.8 Å². The molecule has 2 heterocycles. The molecule has 2 aliphatic heterocycles. The van der Waals surface area contributed by atoms with Gasteiger partial charge in [-0.3, -0.25) is 14.9 Å². The Morgan fingerprint density at radius 2 is 1.84 bits per heavy atom. The molecule has 2 N–H and O–H groups in total. The zero-order chi connectivity index (χ0) is 23.3. The van der Waals surface area contributed by atoms with E-state index in [0.717, 1.165) is 58.2 Å². The Bertz CT molecular complexity index is 1100. The SMILES string of the molecule is [B][C@]1(Cc2ccc(OCC3(C)CCc4c(C)c(O)c(C)c(C)c4O3)cc2)SC(=O)NC1=O. The zero-order valence-electron chi connectivity index (χ0n) is 18.7. The number of imide groups is 1. The Kier molecular flexibility index (Phi) is 5.69. The van der Waals surface area contributed by atoms with Gasteiger partial charge >= 0.3 is 0 Å². The van der Waals surface area contributed by atoms with Gasteiger partial charge in [0, 0.05) is 5.56 Å². The van der Waals surface area contributed by atoms with Gasteiger partial charge in [0.15, 0.2) is 0 Å². The van der Waals surface area contributed by atoms with Crippen molar-refractivity contribution in [3.8, 4) is 17.2 Å². The molecule has 2 aliphatic rings. The Labute approximate surface area is 193 Å². The van der Waals surface area contributed by atoms with Crippen LogP contribution in [0.2, 0.25) is 0 Å². The lowest BCUT2D eigenvalue weighted by atomic mass is 9.80. The number of ether oxygens (including phenoxy) is 2. The molecular formula is C24H26BNO5S. The smallest absolute Gasteiger partial charge is 0.285 e. The molecule has 2 radical (unpaired) electrons. The summed E-state index contributed by atoms with van der Waals surface area (Å²) < 4.78 is 11.2. The number of benzene rings is 2. The van der Waals surface area contributed by atoms with Crippen molar-refractivity contribution in [3.63, 3.8) is 0 Å². The van der Waals surface area contributed by atoms with Crippen molar-refractivity contribution in [2.24, 2.45) is 0 Å². The number of hydrogen-bond donors (Lipinski definition) is 2. The van der Waals surface area contributed by atoms with Gasteiger partial charge in [0.05, 0.1) is 4.65 Å². The van der Waals surface area contributed by atoms with E-state index in [2.05, 4.69) is 5.32 Å². The van der Waals surface area contributed by atoms with Gasteiger partial charge in [0.2, 0.25) is 5.91 Å². The standard InChI is InChI=1S/C24H26BNO5S/c1-13-14(2)20-18(15(3)19(13)27)9-10-23(4,31-20)12-30-17-7-5-16(6-8-17)11-24(25)21(28)26-22(29)32-24/h5-8,27H,9-12H2,1-4H3,(H,26,28,29)/t23?,24-/m1/s1. The number of phenols is 1. The quantitative estimate of drug-likeness (QED) is 0.672. The maximum Gasteiger partial charge on any atom is 0.285 e. The van der Waals surface area contributed by atoms with Crippen LogP contribution >= 0.6 is 11.8 Å². The van der Waals surface area contributed by atoms with Gasteiger partial charge in [0.1, 0.15) is 37.3 Å². The maximum atomic E-state index is 11.9. The molecule has 2 atom stereocenters. The summed E-state index contributed by atoms with van der Waals surface area (Å²) in [6.45, 7) is 8.21. The minimum Gasteiger partial charge on any atom is -0.507 e. The molecule has 2 amide bonds. The molecule has 8 heteroatoms. The lowest BCUT2D eigenvalue weighted by Crippen LogP contribution is -2.42. The summed E-state index contributed by atoms with van der Waals surface area (Å²) in [5.41, 5.74) is 4.10. The van der Waals surface area contributed by atoms with E-state index in [1.165, 1.54) is 0 Å². The second-order valence-electron chi connectivity index (χ2n) is 8.93. The summed E-state index contributed by atoms with van der Waals surface area (Å²) in [6, 6.07) is 7.35. The average molecular weight is 451 g/mol. The highest BCUT2D eigenvalue weighted by molar-refractivity contribution is 8.17. The summed E-state index contributed by atoms with van der Waals surface area (Å²) in [5, 5.41) is 12.2. The van der Waals surface area contributed by atoms with Gasteiger partial charge in [-0.05, 0) is 81.3 Å². The number of carbonyl (C=O) groups is 2. The predicted molar refractivity (Wildman–Crippen MR) is 125 cm³/mol. The zero-order valence-corrected chi connectivity index (χ0v) is 19.5. The molecule has 0 spiro atoms. The number of hydrogen-bond acceptors (Lipinski definition) is 6. The van der Waals surface area contributed by atoms with Crippen LogP contribution in [0.15, 0.2) is 24.3 Å². The number of rotatable bonds is 5. The van der Waals surface area contributed by atoms with Crippen LogP contribution in [-0.4, -0.2) is 41.0 Å². The molecule has 0 bridgehead atoms. The normalized spacial score (nSPS) is 24.6. The monoisotopic (exact) mass is 451 g/mol. The largest absolute Gasteiger partial charge is 0.507 e. The molecule has 166 valence electrons. The summed E-state index contributed by atoms with van der Waals surface area (Å²) in [4.78, 5) is 23.4. The van der Waals surface area contributed by atoms with E-state index in [1.807, 2.05) is 52.0 Å². The van der Waals surface area contributed by atoms with Gasteiger partial charge < -0.3 is 14.6 Å². The Morgan fingerprint density at radius 1 is 1.16 bits per heavy atom. The van der Waals surface area contributed by atoms with Crippen LogP contribution in [0.25, 0.3) is 0 Å². The van der Waals surface area contributed by atoms with Gasteiger partial charge in [0.25, 0.3) is 5.24 Å². The van der Waals surface area contributed by atoms with E-state index in [9.17, 15) is 14.7 Å². The van der Waals surface area contributed by atoms with Crippen molar-refractivity contribution in [2.45, 2.75) is 57.2 Å². The van der Waals surface area contributed by atoms with Gasteiger partial charge in [-0.1, -0.05) is 23.9 Å². The van der Waals surface area contributed by atoms with E-state index in [4.69, 9.17) is 17.3 Å². The first-order valence-electron chi connectivity index (χ1n) is 10.6. The highest BCUT2D eigenvalue weighted by atomic mass is 32.2. The molecule has 0 aliphatic carbocycles. The fourth-order valence-corrected chi connectivity index (χ4v) is 5.05. The molecular weight excluding hydrogens is 425 g/mol. The van der Waals surface area contributed by atoms with Crippen molar-refractivity contribution >= 4 is 30.8 Å². The molecule has 0 saturated carbocycles. The van der Waals surface area contributed by atoms with Crippen molar-refractivity contribution in [1.29, 1.82) is 0 Å². The van der Waals surface area contributed by atoms with Crippen LogP contribution in [0.5, 0.6) is 17.2 Å². The molecule has 2 aromatic carbocycles. The molecule has 6 nitrogen and oxygen atoms in total. The van der Waals surface area contributed by atoms with Gasteiger partial charge in [-0.2, -0.15) is 0 Å². The van der Waals surface area contributed by atoms with Gasteiger partial charge in [-0.25, -0.2) is 0 Å². The summed E-state index contributed by atoms with van der Waals surface area (Å²) in [6.07, 6.45) is 1.83. The average Bonchev–Trinajstić information content (AvgIpc) is 3.01. The number of fused-ring (bicyclic) bond motifs is 1. The lowest BCUT2D eigenvalue weighted by Gasteiger charge is -2.37. The van der Waals surface area contributed by atoms with E-state index < -0.39 is 21.4 Å². The van der Waals surface area contributed by atoms with Crippen molar-refractivity contribution in [1.82, 2.24) is 5.32 Å². The van der Waals surface area contributed by atoms with Crippen LogP contribution in [0.1, 0.15) is 41.2 Å². The molecule has 0 aromatic heterocycles. The van der Waals surface area contributed by atoms with Crippen LogP contribution in [0.3, 0.4) is 0 Å². The van der Waals surface area contributed by atoms with E-state index >= 15 is 0 Å². The second-order valence-corrected chi connectivity index (χ2v) is 10.2. The molecule has 32 heavy (non-hydrogen) atoms. The third kappa shape index (κ3) is 4.08. The maximum absolute atomic E-state index is 11.9. The van der Waals surface area contributed by atoms with Crippen molar-refractivity contribution in [3.05, 3.63) is 52.1 Å². The van der Waals surface area contributed by atoms with Crippen LogP contribution < -0.4 is 14.8 Å². The first-order chi connectivity index (χ1) is 15.0. The number of carbonyl (C=O) groups excluding carboxylic acids is 2. The molecule has 1 unspecified atom stereocenters.